The molecule has 8 heteroatoms. The predicted molar refractivity (Wildman–Crippen MR) is 109 cm³/mol. The molecule has 1 unspecified atom stereocenters. The van der Waals surface area contributed by atoms with Crippen molar-refractivity contribution in [2.75, 3.05) is 25.1 Å². The van der Waals surface area contributed by atoms with E-state index in [9.17, 15) is 8.42 Å². The third kappa shape index (κ3) is 4.76. The molecule has 0 radical (unpaired) electrons. The summed E-state index contributed by atoms with van der Waals surface area (Å²) in [6.07, 6.45) is 2.91. The lowest BCUT2D eigenvalue weighted by atomic mass is 9.96. The van der Waals surface area contributed by atoms with E-state index in [1.807, 2.05) is 12.1 Å². The lowest BCUT2D eigenvalue weighted by molar-refractivity contribution is 0.597. The Morgan fingerprint density at radius 2 is 2.00 bits per heavy atom. The second-order valence-corrected chi connectivity index (χ2v) is 9.12. The van der Waals surface area contributed by atoms with Crippen molar-refractivity contribution < 1.29 is 8.42 Å². The highest BCUT2D eigenvalue weighted by atomic mass is 127. The molecule has 3 rings (SSSR count). The second-order valence-electron chi connectivity index (χ2n) is 6.46. The molecule has 24 heavy (non-hydrogen) atoms. The molecule has 1 saturated heterocycles. The molecule has 0 bridgehead atoms. The van der Waals surface area contributed by atoms with E-state index in [2.05, 4.69) is 27.8 Å². The Kier molecular flexibility index (Phi) is 6.41. The van der Waals surface area contributed by atoms with E-state index in [1.54, 1.807) is 7.05 Å². The Labute approximate surface area is 165 Å². The zero-order valence-electron chi connectivity index (χ0n) is 13.6. The summed E-state index contributed by atoms with van der Waals surface area (Å²) in [5.74, 6) is 1.12. The first-order valence-corrected chi connectivity index (χ1v) is 10.1. The van der Waals surface area contributed by atoms with E-state index in [0.717, 1.165) is 24.4 Å². The van der Waals surface area contributed by atoms with Gasteiger partial charge in [-0.25, -0.2) is 8.42 Å². The van der Waals surface area contributed by atoms with Crippen LogP contribution in [-0.2, 0) is 15.3 Å². The Bertz CT molecular complexity index is 703. The highest BCUT2D eigenvalue weighted by Crippen LogP contribution is 2.47. The molecule has 2 aliphatic rings. The molecule has 1 aromatic rings. The van der Waals surface area contributed by atoms with Gasteiger partial charge in [0.1, 0.15) is 0 Å². The largest absolute Gasteiger partial charge is 0.356 e. The molecular formula is C16H23ClIN3O2S. The Morgan fingerprint density at radius 3 is 2.50 bits per heavy atom. The molecular weight excluding hydrogens is 461 g/mol. The maximum Gasteiger partial charge on any atom is 0.191 e. The molecule has 1 saturated carbocycles. The van der Waals surface area contributed by atoms with Gasteiger partial charge in [0.2, 0.25) is 0 Å². The number of guanidine groups is 1. The summed E-state index contributed by atoms with van der Waals surface area (Å²) in [6.45, 7) is 0.785. The lowest BCUT2D eigenvalue weighted by Gasteiger charge is -2.21. The summed E-state index contributed by atoms with van der Waals surface area (Å²) in [5, 5.41) is 7.32. The van der Waals surface area contributed by atoms with E-state index >= 15 is 0 Å². The molecule has 0 spiro atoms. The van der Waals surface area contributed by atoms with Crippen molar-refractivity contribution in [1.82, 2.24) is 10.6 Å². The highest BCUT2D eigenvalue weighted by Gasteiger charge is 2.44. The summed E-state index contributed by atoms with van der Waals surface area (Å²) >= 11 is 5.96. The minimum atomic E-state index is -2.89. The van der Waals surface area contributed by atoms with Crippen molar-refractivity contribution in [3.05, 3.63) is 34.9 Å². The van der Waals surface area contributed by atoms with Gasteiger partial charge < -0.3 is 10.6 Å². The highest BCUT2D eigenvalue weighted by molar-refractivity contribution is 14.0. The fourth-order valence-corrected chi connectivity index (χ4v) is 4.87. The minimum absolute atomic E-state index is 0. The average Bonchev–Trinajstić information content (AvgIpc) is 3.23. The van der Waals surface area contributed by atoms with Gasteiger partial charge in [-0.1, -0.05) is 23.7 Å². The molecule has 134 valence electrons. The molecule has 5 nitrogen and oxygen atoms in total. The van der Waals surface area contributed by atoms with E-state index in [-0.39, 0.29) is 46.9 Å². The third-order valence-corrected chi connectivity index (χ3v) is 6.72. The predicted octanol–water partition coefficient (Wildman–Crippen LogP) is 2.34. The molecule has 1 aliphatic carbocycles. The van der Waals surface area contributed by atoms with Crippen LogP contribution in [0.15, 0.2) is 29.3 Å². The van der Waals surface area contributed by atoms with Crippen LogP contribution >= 0.6 is 35.6 Å². The van der Waals surface area contributed by atoms with Crippen LogP contribution in [0.2, 0.25) is 5.02 Å². The molecule has 1 aromatic carbocycles. The summed E-state index contributed by atoms with van der Waals surface area (Å²) in [6, 6.07) is 7.96. The normalized spacial score (nSPS) is 24.1. The topological polar surface area (TPSA) is 70.6 Å². The maximum atomic E-state index is 11.5. The number of rotatable bonds is 4. The van der Waals surface area contributed by atoms with Gasteiger partial charge in [-0.15, -0.1) is 24.0 Å². The SMILES string of the molecule is CN=C(NCC1(c2ccc(Cl)cc2)CC1)NC1CCS(=O)(=O)C1.I. The monoisotopic (exact) mass is 483 g/mol. The van der Waals surface area contributed by atoms with Crippen LogP contribution < -0.4 is 10.6 Å². The summed E-state index contributed by atoms with van der Waals surface area (Å²) in [7, 11) is -1.18. The van der Waals surface area contributed by atoms with Gasteiger partial charge in [0.15, 0.2) is 15.8 Å². The number of nitrogens with one attached hydrogen (secondary N) is 2. The smallest absolute Gasteiger partial charge is 0.191 e. The fourth-order valence-electron chi connectivity index (χ4n) is 3.07. The van der Waals surface area contributed by atoms with Crippen LogP contribution in [0.5, 0.6) is 0 Å². The van der Waals surface area contributed by atoms with E-state index in [1.165, 1.54) is 5.56 Å². The Hall–Kier alpha value is -0.540. The second kappa shape index (κ2) is 7.78. The lowest BCUT2D eigenvalue weighted by Crippen LogP contribution is -2.46. The van der Waals surface area contributed by atoms with Gasteiger partial charge in [-0.05, 0) is 37.0 Å². The first kappa shape index (κ1) is 19.8. The minimum Gasteiger partial charge on any atom is -0.356 e. The van der Waals surface area contributed by atoms with Gasteiger partial charge in [-0.2, -0.15) is 0 Å². The van der Waals surface area contributed by atoms with Gasteiger partial charge in [0.25, 0.3) is 0 Å². The van der Waals surface area contributed by atoms with Gasteiger partial charge in [-0.3, -0.25) is 4.99 Å². The zero-order valence-corrected chi connectivity index (χ0v) is 17.5. The van der Waals surface area contributed by atoms with Crippen molar-refractivity contribution >= 4 is 51.4 Å². The maximum absolute atomic E-state index is 11.5. The van der Waals surface area contributed by atoms with Gasteiger partial charge >= 0.3 is 0 Å². The standard InChI is InChI=1S/C16H22ClN3O2S.HI/c1-18-15(20-14-6-9-23(21,22)10-14)19-11-16(7-8-16)12-2-4-13(17)5-3-12;/h2-5,14H,6-11H2,1H3,(H2,18,19,20);1H. The van der Waals surface area contributed by atoms with Crippen molar-refractivity contribution in [2.24, 2.45) is 4.99 Å². The molecule has 1 heterocycles. The summed E-state index contributed by atoms with van der Waals surface area (Å²) in [5.41, 5.74) is 1.43. The number of benzene rings is 1. The number of sulfone groups is 1. The Balaban J connectivity index is 0.00000208. The van der Waals surface area contributed by atoms with Crippen LogP contribution in [0.4, 0.5) is 0 Å². The Morgan fingerprint density at radius 1 is 1.33 bits per heavy atom. The molecule has 1 atom stereocenters. The van der Waals surface area contributed by atoms with E-state index < -0.39 is 9.84 Å². The van der Waals surface area contributed by atoms with Crippen molar-refractivity contribution in [3.63, 3.8) is 0 Å². The van der Waals surface area contributed by atoms with Crippen molar-refractivity contribution in [2.45, 2.75) is 30.7 Å². The zero-order chi connectivity index (χ0) is 16.5. The number of halogens is 2. The quantitative estimate of drug-likeness (QED) is 0.392. The van der Waals surface area contributed by atoms with Crippen LogP contribution in [0.25, 0.3) is 0 Å². The molecule has 0 amide bonds. The van der Waals surface area contributed by atoms with Crippen LogP contribution in [0.1, 0.15) is 24.8 Å². The molecule has 2 N–H and O–H groups in total. The first-order valence-electron chi connectivity index (χ1n) is 7.86. The van der Waals surface area contributed by atoms with Crippen molar-refractivity contribution in [1.29, 1.82) is 0 Å². The summed E-state index contributed by atoms with van der Waals surface area (Å²) < 4.78 is 23.1. The average molecular weight is 484 g/mol. The number of hydrogen-bond acceptors (Lipinski definition) is 3. The van der Waals surface area contributed by atoms with Crippen molar-refractivity contribution in [3.8, 4) is 0 Å². The first-order chi connectivity index (χ1) is 10.9. The molecule has 2 fully saturated rings. The number of nitrogens with zero attached hydrogens (tertiary/aromatic N) is 1. The number of aliphatic imine (C=N–C) groups is 1. The van der Waals surface area contributed by atoms with Crippen LogP contribution in [0, 0.1) is 0 Å². The van der Waals surface area contributed by atoms with E-state index in [4.69, 9.17) is 11.6 Å². The summed E-state index contributed by atoms with van der Waals surface area (Å²) in [4.78, 5) is 4.22. The molecule has 0 aromatic heterocycles. The molecule has 1 aliphatic heterocycles. The number of hydrogen-bond donors (Lipinski definition) is 2. The van der Waals surface area contributed by atoms with Gasteiger partial charge in [0, 0.05) is 30.1 Å². The third-order valence-electron chi connectivity index (χ3n) is 4.70. The van der Waals surface area contributed by atoms with Crippen LogP contribution in [0.3, 0.4) is 0 Å². The van der Waals surface area contributed by atoms with Crippen LogP contribution in [-0.4, -0.2) is 45.5 Å². The van der Waals surface area contributed by atoms with Gasteiger partial charge in [0.05, 0.1) is 11.5 Å². The van der Waals surface area contributed by atoms with E-state index in [0.29, 0.717) is 12.4 Å². The fraction of sp³-hybridized carbons (Fsp3) is 0.562.